The number of aryl methyl sites for hydroxylation is 1. The van der Waals surface area contributed by atoms with Gasteiger partial charge in [-0.05, 0) is 67.7 Å². The van der Waals surface area contributed by atoms with Crippen LogP contribution in [0.25, 0.3) is 0 Å². The van der Waals surface area contributed by atoms with E-state index in [0.717, 1.165) is 5.56 Å². The molecule has 0 unspecified atom stereocenters. The molecule has 0 saturated heterocycles. The number of anilines is 2. The van der Waals surface area contributed by atoms with Crippen LogP contribution in [0.1, 0.15) is 26.3 Å². The molecule has 0 aliphatic rings. The molecular formula is C24H23N3O4S. The summed E-state index contributed by atoms with van der Waals surface area (Å²) in [6.45, 7) is 1.93. The number of hydrogen-bond donors (Lipinski definition) is 3. The van der Waals surface area contributed by atoms with Crippen LogP contribution in [-0.2, 0) is 0 Å². The van der Waals surface area contributed by atoms with Crippen LogP contribution in [-0.4, -0.2) is 31.1 Å². The van der Waals surface area contributed by atoms with Crippen molar-refractivity contribution in [3.05, 3.63) is 83.4 Å². The van der Waals surface area contributed by atoms with E-state index < -0.39 is 5.91 Å². The van der Waals surface area contributed by atoms with Gasteiger partial charge in [-0.3, -0.25) is 14.9 Å². The van der Waals surface area contributed by atoms with E-state index >= 15 is 0 Å². The fraction of sp³-hybridized carbons (Fsp3) is 0.125. The first-order valence-corrected chi connectivity index (χ1v) is 10.1. The van der Waals surface area contributed by atoms with Crippen molar-refractivity contribution in [3.63, 3.8) is 0 Å². The third kappa shape index (κ3) is 5.83. The normalized spacial score (nSPS) is 10.1. The van der Waals surface area contributed by atoms with Gasteiger partial charge in [0.15, 0.2) is 5.11 Å². The molecule has 7 nitrogen and oxygen atoms in total. The van der Waals surface area contributed by atoms with E-state index in [9.17, 15) is 9.59 Å². The summed E-state index contributed by atoms with van der Waals surface area (Å²) in [6.07, 6.45) is 0. The third-order valence-electron chi connectivity index (χ3n) is 4.56. The van der Waals surface area contributed by atoms with Gasteiger partial charge in [0.2, 0.25) is 0 Å². The third-order valence-corrected chi connectivity index (χ3v) is 4.77. The Balaban J connectivity index is 1.59. The lowest BCUT2D eigenvalue weighted by Gasteiger charge is -2.13. The largest absolute Gasteiger partial charge is 0.497 e. The van der Waals surface area contributed by atoms with Gasteiger partial charge >= 0.3 is 0 Å². The quantitative estimate of drug-likeness (QED) is 0.484. The summed E-state index contributed by atoms with van der Waals surface area (Å²) >= 11 is 5.24. The lowest BCUT2D eigenvalue weighted by molar-refractivity contribution is 0.0973. The van der Waals surface area contributed by atoms with Crippen LogP contribution in [0.3, 0.4) is 0 Å². The lowest BCUT2D eigenvalue weighted by Crippen LogP contribution is -2.34. The van der Waals surface area contributed by atoms with Gasteiger partial charge in [0.1, 0.15) is 11.5 Å². The van der Waals surface area contributed by atoms with Crippen LogP contribution in [0, 0.1) is 6.92 Å². The number of amides is 2. The summed E-state index contributed by atoms with van der Waals surface area (Å²) in [5, 5.41) is 8.54. The maximum Gasteiger partial charge on any atom is 0.261 e. The van der Waals surface area contributed by atoms with Gasteiger partial charge in [-0.15, -0.1) is 0 Å². The molecule has 0 aliphatic carbocycles. The molecule has 0 aliphatic heterocycles. The Morgan fingerprint density at radius 1 is 0.812 bits per heavy atom. The first-order valence-electron chi connectivity index (χ1n) is 9.72. The zero-order valence-electron chi connectivity index (χ0n) is 17.9. The summed E-state index contributed by atoms with van der Waals surface area (Å²) in [6, 6.07) is 19.2. The number of carbonyl (C=O) groups is 2. The fourth-order valence-electron chi connectivity index (χ4n) is 2.95. The molecule has 0 bridgehead atoms. The predicted molar refractivity (Wildman–Crippen MR) is 129 cm³/mol. The average Bonchev–Trinajstić information content (AvgIpc) is 2.79. The molecule has 3 N–H and O–H groups in total. The molecule has 8 heteroatoms. The molecule has 0 radical (unpaired) electrons. The van der Waals surface area contributed by atoms with Gasteiger partial charge in [0.25, 0.3) is 11.8 Å². The molecule has 0 atom stereocenters. The Morgan fingerprint density at radius 3 is 2.12 bits per heavy atom. The van der Waals surface area contributed by atoms with Crippen LogP contribution >= 0.6 is 12.2 Å². The van der Waals surface area contributed by atoms with Crippen molar-refractivity contribution >= 4 is 40.5 Å². The molecule has 164 valence electrons. The van der Waals surface area contributed by atoms with E-state index in [0.29, 0.717) is 34.0 Å². The molecule has 0 saturated carbocycles. The second-order valence-electron chi connectivity index (χ2n) is 6.88. The van der Waals surface area contributed by atoms with Crippen LogP contribution < -0.4 is 25.4 Å². The fourth-order valence-corrected chi connectivity index (χ4v) is 3.16. The summed E-state index contributed by atoms with van der Waals surface area (Å²) in [7, 11) is 3.01. The second-order valence-corrected chi connectivity index (χ2v) is 7.28. The highest BCUT2D eigenvalue weighted by atomic mass is 32.1. The van der Waals surface area contributed by atoms with Crippen molar-refractivity contribution in [3.8, 4) is 11.5 Å². The average molecular weight is 450 g/mol. The van der Waals surface area contributed by atoms with Crippen molar-refractivity contribution in [2.45, 2.75) is 6.92 Å². The van der Waals surface area contributed by atoms with Crippen LogP contribution in [0.2, 0.25) is 0 Å². The minimum atomic E-state index is -0.413. The molecule has 3 rings (SSSR count). The monoisotopic (exact) mass is 449 g/mol. The molecule has 0 spiro atoms. The van der Waals surface area contributed by atoms with E-state index in [1.165, 1.54) is 14.2 Å². The predicted octanol–water partition coefficient (Wildman–Crippen LogP) is 4.39. The van der Waals surface area contributed by atoms with Gasteiger partial charge in [-0.25, -0.2) is 0 Å². The van der Waals surface area contributed by atoms with Crippen LogP contribution in [0.15, 0.2) is 66.7 Å². The standard InChI is InChI=1S/C24H23N3O4S/c1-15-5-4-6-16(13-15)22(28)25-17-7-9-18(10-8-17)26-24(32)27-23(29)20-12-11-19(30-2)14-21(20)31-3/h4-14H,1-3H3,(H,25,28)(H2,26,27,29,32). The Morgan fingerprint density at radius 2 is 1.50 bits per heavy atom. The number of ether oxygens (including phenoxy) is 2. The highest BCUT2D eigenvalue weighted by Gasteiger charge is 2.15. The Hall–Kier alpha value is -3.91. The molecule has 0 aromatic heterocycles. The minimum absolute atomic E-state index is 0.129. The van der Waals surface area contributed by atoms with E-state index in [1.54, 1.807) is 48.5 Å². The maximum absolute atomic E-state index is 12.6. The maximum atomic E-state index is 12.6. The van der Waals surface area contributed by atoms with E-state index in [4.69, 9.17) is 21.7 Å². The van der Waals surface area contributed by atoms with Crippen molar-refractivity contribution in [1.82, 2.24) is 5.32 Å². The molecule has 0 fully saturated rings. The number of methoxy groups -OCH3 is 2. The van der Waals surface area contributed by atoms with Crippen LogP contribution in [0.4, 0.5) is 11.4 Å². The van der Waals surface area contributed by atoms with E-state index in [-0.39, 0.29) is 11.0 Å². The number of benzene rings is 3. The molecule has 32 heavy (non-hydrogen) atoms. The number of thiocarbonyl (C=S) groups is 1. The molecular weight excluding hydrogens is 426 g/mol. The van der Waals surface area contributed by atoms with Crippen molar-refractivity contribution in [2.75, 3.05) is 24.9 Å². The smallest absolute Gasteiger partial charge is 0.261 e. The zero-order chi connectivity index (χ0) is 23.1. The highest BCUT2D eigenvalue weighted by molar-refractivity contribution is 7.80. The number of nitrogens with one attached hydrogen (secondary N) is 3. The summed E-state index contributed by atoms with van der Waals surface area (Å²) in [5.74, 6) is 0.349. The van der Waals surface area contributed by atoms with Crippen molar-refractivity contribution in [1.29, 1.82) is 0 Å². The first kappa shape index (κ1) is 22.8. The molecule has 0 heterocycles. The van der Waals surface area contributed by atoms with Crippen LogP contribution in [0.5, 0.6) is 11.5 Å². The van der Waals surface area contributed by atoms with Gasteiger partial charge in [-0.2, -0.15) is 0 Å². The topological polar surface area (TPSA) is 88.7 Å². The lowest BCUT2D eigenvalue weighted by atomic mass is 10.1. The summed E-state index contributed by atoms with van der Waals surface area (Å²) in [5.41, 5.74) is 3.22. The highest BCUT2D eigenvalue weighted by Crippen LogP contribution is 2.24. The molecule has 3 aromatic carbocycles. The number of rotatable bonds is 6. The SMILES string of the molecule is COc1ccc(C(=O)NC(=S)Nc2ccc(NC(=O)c3cccc(C)c3)cc2)c(OC)c1. The van der Waals surface area contributed by atoms with Gasteiger partial charge < -0.3 is 20.1 Å². The minimum Gasteiger partial charge on any atom is -0.497 e. The Bertz CT molecular complexity index is 1150. The summed E-state index contributed by atoms with van der Waals surface area (Å²) in [4.78, 5) is 24.9. The number of carbonyl (C=O) groups excluding carboxylic acids is 2. The van der Waals surface area contributed by atoms with Crippen molar-refractivity contribution < 1.29 is 19.1 Å². The van der Waals surface area contributed by atoms with Gasteiger partial charge in [0.05, 0.1) is 19.8 Å². The Kier molecular flexibility index (Phi) is 7.41. The molecule has 3 aromatic rings. The molecule has 2 amide bonds. The van der Waals surface area contributed by atoms with Gasteiger partial charge in [0, 0.05) is 23.0 Å². The van der Waals surface area contributed by atoms with Crippen molar-refractivity contribution in [2.24, 2.45) is 0 Å². The number of hydrogen-bond acceptors (Lipinski definition) is 5. The van der Waals surface area contributed by atoms with E-state index in [1.807, 2.05) is 25.1 Å². The Labute approximate surface area is 191 Å². The zero-order valence-corrected chi connectivity index (χ0v) is 18.7. The summed E-state index contributed by atoms with van der Waals surface area (Å²) < 4.78 is 10.4. The second kappa shape index (κ2) is 10.4. The first-order chi connectivity index (χ1) is 15.4. The van der Waals surface area contributed by atoms with E-state index in [2.05, 4.69) is 16.0 Å². The van der Waals surface area contributed by atoms with Gasteiger partial charge in [-0.1, -0.05) is 17.7 Å².